The topological polar surface area (TPSA) is 21.3 Å². The van der Waals surface area contributed by atoms with E-state index in [0.29, 0.717) is 12.3 Å². The minimum absolute atomic E-state index is 0.146. The Morgan fingerprint density at radius 2 is 2.05 bits per heavy atom. The van der Waals surface area contributed by atoms with Gasteiger partial charge >= 0.3 is 0 Å². The number of halogens is 2. The lowest BCUT2D eigenvalue weighted by Crippen LogP contribution is -2.43. The van der Waals surface area contributed by atoms with Gasteiger partial charge in [-0.15, -0.1) is 0 Å². The monoisotopic (exact) mass is 269 g/mol. The fraction of sp³-hybridized carbons (Fsp3) is 0.600. The molecule has 0 radical (unpaired) electrons. The second-order valence-corrected chi connectivity index (χ2v) is 5.15. The molecule has 0 bridgehead atoms. The minimum atomic E-state index is -0.797. The van der Waals surface area contributed by atoms with E-state index in [0.717, 1.165) is 12.1 Å². The van der Waals surface area contributed by atoms with Gasteiger partial charge in [-0.05, 0) is 49.4 Å². The molecule has 1 aromatic rings. The number of nitrogens with one attached hydrogen (secondary N) is 1. The summed E-state index contributed by atoms with van der Waals surface area (Å²) in [6.07, 6.45) is 3.18. The Balaban J connectivity index is 2.08. The summed E-state index contributed by atoms with van der Waals surface area (Å²) in [7, 11) is 1.72. The molecule has 2 unspecified atom stereocenters. The molecule has 0 aliphatic heterocycles. The highest BCUT2D eigenvalue weighted by molar-refractivity contribution is 5.19. The van der Waals surface area contributed by atoms with E-state index in [1.54, 1.807) is 13.2 Å². The Labute approximate surface area is 113 Å². The lowest BCUT2D eigenvalue weighted by Gasteiger charge is -2.27. The lowest BCUT2D eigenvalue weighted by molar-refractivity contribution is 0.0515. The van der Waals surface area contributed by atoms with Crippen LogP contribution in [-0.4, -0.2) is 25.8 Å². The maximum absolute atomic E-state index is 13.2. The van der Waals surface area contributed by atoms with Crippen molar-refractivity contribution < 1.29 is 13.5 Å². The van der Waals surface area contributed by atoms with Crippen molar-refractivity contribution in [3.8, 4) is 0 Å². The van der Waals surface area contributed by atoms with Crippen molar-refractivity contribution in [2.75, 3.05) is 13.7 Å². The number of benzene rings is 1. The maximum Gasteiger partial charge on any atom is 0.159 e. The molecule has 2 nitrogen and oxygen atoms in total. The second-order valence-electron chi connectivity index (χ2n) is 5.15. The fourth-order valence-corrected chi connectivity index (χ4v) is 2.60. The summed E-state index contributed by atoms with van der Waals surface area (Å²) in [6.45, 7) is 2.87. The van der Waals surface area contributed by atoms with Crippen molar-refractivity contribution in [2.24, 2.45) is 5.92 Å². The molecule has 1 aromatic carbocycles. The van der Waals surface area contributed by atoms with Gasteiger partial charge < -0.3 is 10.1 Å². The summed E-state index contributed by atoms with van der Waals surface area (Å²) in [5, 5.41) is 3.40. The van der Waals surface area contributed by atoms with Gasteiger partial charge in [0.05, 0.1) is 6.10 Å². The summed E-state index contributed by atoms with van der Waals surface area (Å²) in [5.41, 5.74) is 0.799. The van der Waals surface area contributed by atoms with Gasteiger partial charge in [-0.1, -0.05) is 13.0 Å². The summed E-state index contributed by atoms with van der Waals surface area (Å²) in [6, 6.07) is 4.25. The van der Waals surface area contributed by atoms with Crippen molar-refractivity contribution in [1.82, 2.24) is 5.32 Å². The van der Waals surface area contributed by atoms with E-state index in [1.807, 2.05) is 6.92 Å². The zero-order valence-corrected chi connectivity index (χ0v) is 11.5. The van der Waals surface area contributed by atoms with Crippen LogP contribution in [0.4, 0.5) is 8.78 Å². The molecule has 1 N–H and O–H groups in total. The highest BCUT2D eigenvalue weighted by Gasteiger charge is 2.36. The van der Waals surface area contributed by atoms with E-state index in [9.17, 15) is 8.78 Å². The van der Waals surface area contributed by atoms with Gasteiger partial charge in [0.25, 0.3) is 0 Å². The van der Waals surface area contributed by atoms with Crippen LogP contribution in [0.2, 0.25) is 0 Å². The van der Waals surface area contributed by atoms with Crippen molar-refractivity contribution in [3.63, 3.8) is 0 Å². The minimum Gasteiger partial charge on any atom is -0.380 e. The van der Waals surface area contributed by atoms with E-state index in [1.165, 1.54) is 25.0 Å². The summed E-state index contributed by atoms with van der Waals surface area (Å²) in [4.78, 5) is 0. The van der Waals surface area contributed by atoms with E-state index >= 15 is 0 Å². The van der Waals surface area contributed by atoms with Gasteiger partial charge in [-0.25, -0.2) is 8.78 Å². The first-order chi connectivity index (χ1) is 9.15. The normalized spacial score (nSPS) is 18.3. The van der Waals surface area contributed by atoms with Gasteiger partial charge in [-0.3, -0.25) is 0 Å². The van der Waals surface area contributed by atoms with Crippen LogP contribution in [0.1, 0.15) is 25.3 Å². The molecule has 1 aliphatic rings. The van der Waals surface area contributed by atoms with Crippen molar-refractivity contribution in [3.05, 3.63) is 35.4 Å². The van der Waals surface area contributed by atoms with Crippen LogP contribution in [0.3, 0.4) is 0 Å². The smallest absolute Gasteiger partial charge is 0.159 e. The summed E-state index contributed by atoms with van der Waals surface area (Å²) < 4.78 is 31.8. The predicted octanol–water partition coefficient (Wildman–Crippen LogP) is 2.91. The fourth-order valence-electron chi connectivity index (χ4n) is 2.60. The number of likely N-dealkylation sites (N-methyl/N-ethyl adjacent to an activating group) is 1. The van der Waals surface area contributed by atoms with Crippen LogP contribution >= 0.6 is 0 Å². The average molecular weight is 269 g/mol. The van der Waals surface area contributed by atoms with Crippen LogP contribution in [0, 0.1) is 17.6 Å². The molecule has 0 heterocycles. The maximum atomic E-state index is 13.2. The quantitative estimate of drug-likeness (QED) is 0.822. The van der Waals surface area contributed by atoms with Crippen LogP contribution in [-0.2, 0) is 11.2 Å². The molecule has 0 saturated heterocycles. The molecule has 106 valence electrons. The summed E-state index contributed by atoms with van der Waals surface area (Å²) in [5.74, 6) is -0.985. The first-order valence-corrected chi connectivity index (χ1v) is 6.85. The van der Waals surface area contributed by atoms with E-state index in [4.69, 9.17) is 4.74 Å². The van der Waals surface area contributed by atoms with Gasteiger partial charge in [0.15, 0.2) is 11.6 Å². The molecule has 1 fully saturated rings. The van der Waals surface area contributed by atoms with Crippen molar-refractivity contribution >= 4 is 0 Å². The summed E-state index contributed by atoms with van der Waals surface area (Å²) >= 11 is 0. The van der Waals surface area contributed by atoms with Crippen molar-refractivity contribution in [1.29, 1.82) is 0 Å². The Hall–Kier alpha value is -1.00. The SMILES string of the molecule is CCNC(Cc1ccc(F)c(F)c1)C(OC)C1CC1. The average Bonchev–Trinajstić information content (AvgIpc) is 3.19. The molecule has 1 aliphatic carbocycles. The predicted molar refractivity (Wildman–Crippen MR) is 71.0 cm³/mol. The van der Waals surface area contributed by atoms with Gasteiger partial charge in [0.2, 0.25) is 0 Å². The Morgan fingerprint density at radius 1 is 1.32 bits per heavy atom. The van der Waals surface area contributed by atoms with E-state index in [2.05, 4.69) is 5.32 Å². The molecule has 2 rings (SSSR count). The highest BCUT2D eigenvalue weighted by Crippen LogP contribution is 2.36. The molecule has 2 atom stereocenters. The third kappa shape index (κ3) is 3.74. The second kappa shape index (κ2) is 6.44. The largest absolute Gasteiger partial charge is 0.380 e. The van der Waals surface area contributed by atoms with Crippen LogP contribution in [0.25, 0.3) is 0 Å². The lowest BCUT2D eigenvalue weighted by atomic mass is 9.98. The Bertz CT molecular complexity index is 421. The molecule has 4 heteroatoms. The molecular formula is C15H21F2NO. The number of methoxy groups -OCH3 is 1. The molecule has 0 amide bonds. The van der Waals surface area contributed by atoms with E-state index < -0.39 is 11.6 Å². The standard InChI is InChI=1S/C15H21F2NO/c1-3-18-14(15(19-2)11-5-6-11)9-10-4-7-12(16)13(17)8-10/h4,7-8,11,14-15,18H,3,5-6,9H2,1-2H3. The van der Waals surface area contributed by atoms with Crippen LogP contribution in [0.15, 0.2) is 18.2 Å². The first-order valence-electron chi connectivity index (χ1n) is 6.85. The van der Waals surface area contributed by atoms with Crippen LogP contribution in [0.5, 0.6) is 0 Å². The third-order valence-electron chi connectivity index (χ3n) is 3.66. The van der Waals surface area contributed by atoms with Crippen LogP contribution < -0.4 is 5.32 Å². The number of ether oxygens (including phenoxy) is 1. The molecule has 19 heavy (non-hydrogen) atoms. The Morgan fingerprint density at radius 3 is 2.58 bits per heavy atom. The third-order valence-corrected chi connectivity index (χ3v) is 3.66. The zero-order chi connectivity index (χ0) is 13.8. The molecular weight excluding hydrogens is 248 g/mol. The highest BCUT2D eigenvalue weighted by atomic mass is 19.2. The van der Waals surface area contributed by atoms with E-state index in [-0.39, 0.29) is 12.1 Å². The van der Waals surface area contributed by atoms with Gasteiger partial charge in [0.1, 0.15) is 0 Å². The van der Waals surface area contributed by atoms with Gasteiger partial charge in [0, 0.05) is 13.2 Å². The molecule has 0 spiro atoms. The zero-order valence-electron chi connectivity index (χ0n) is 11.5. The Kier molecular flexibility index (Phi) is 4.88. The number of hydrogen-bond acceptors (Lipinski definition) is 2. The first kappa shape index (κ1) is 14.4. The van der Waals surface area contributed by atoms with Crippen molar-refractivity contribution in [2.45, 2.75) is 38.3 Å². The van der Waals surface area contributed by atoms with Gasteiger partial charge in [-0.2, -0.15) is 0 Å². The number of rotatable bonds is 7. The molecule has 0 aromatic heterocycles. The number of hydrogen-bond donors (Lipinski definition) is 1. The molecule has 1 saturated carbocycles.